The Balaban J connectivity index is 2.52. The Morgan fingerprint density at radius 1 is 1.67 bits per heavy atom. The Labute approximate surface area is 91.8 Å². The Bertz CT molecular complexity index is 231. The zero-order valence-electron chi connectivity index (χ0n) is 9.95. The Hall–Kier alpha value is -0.610. The van der Waals surface area contributed by atoms with Crippen molar-refractivity contribution in [1.29, 1.82) is 0 Å². The van der Waals surface area contributed by atoms with E-state index in [2.05, 4.69) is 6.92 Å². The number of nitrogens with two attached hydrogens (primary N) is 1. The lowest BCUT2D eigenvalue weighted by molar-refractivity contribution is -0.139. The van der Waals surface area contributed by atoms with Gasteiger partial charge in [-0.25, -0.2) is 0 Å². The van der Waals surface area contributed by atoms with Gasteiger partial charge >= 0.3 is 0 Å². The second-order valence-electron chi connectivity index (χ2n) is 4.75. The molecule has 1 saturated heterocycles. The maximum Gasteiger partial charge on any atom is 0.224 e. The summed E-state index contributed by atoms with van der Waals surface area (Å²) in [5.74, 6) is 0.146. The van der Waals surface area contributed by atoms with Crippen molar-refractivity contribution in [2.24, 2.45) is 5.73 Å². The minimum absolute atomic E-state index is 0.0618. The number of piperidine rings is 1. The minimum atomic E-state index is -0.175. The van der Waals surface area contributed by atoms with Gasteiger partial charge < -0.3 is 15.4 Å². The van der Waals surface area contributed by atoms with Crippen molar-refractivity contribution in [2.45, 2.75) is 44.8 Å². The van der Waals surface area contributed by atoms with Crippen LogP contribution in [-0.4, -0.2) is 42.6 Å². The summed E-state index contributed by atoms with van der Waals surface area (Å²) in [5, 5.41) is 0. The Morgan fingerprint density at radius 2 is 2.33 bits per heavy atom. The summed E-state index contributed by atoms with van der Waals surface area (Å²) < 4.78 is 5.44. The number of methoxy groups -OCH3 is 1. The summed E-state index contributed by atoms with van der Waals surface area (Å²) >= 11 is 0. The zero-order chi connectivity index (χ0) is 11.5. The van der Waals surface area contributed by atoms with Crippen LogP contribution in [0.25, 0.3) is 0 Å². The molecule has 0 spiro atoms. The number of amides is 1. The number of hydrogen-bond donors (Lipinski definition) is 1. The van der Waals surface area contributed by atoms with Gasteiger partial charge in [-0.05, 0) is 26.7 Å². The SMILES string of the molecule is COC1(C)CCCN(C(=O)CC(C)N)C1. The van der Waals surface area contributed by atoms with Crippen LogP contribution >= 0.6 is 0 Å². The van der Waals surface area contributed by atoms with Crippen LogP contribution < -0.4 is 5.73 Å². The van der Waals surface area contributed by atoms with Crippen LogP contribution in [0, 0.1) is 0 Å². The van der Waals surface area contributed by atoms with Gasteiger partial charge in [-0.1, -0.05) is 0 Å². The maximum atomic E-state index is 11.8. The molecule has 0 aromatic carbocycles. The fourth-order valence-electron chi connectivity index (χ4n) is 1.99. The fourth-order valence-corrected chi connectivity index (χ4v) is 1.99. The number of rotatable bonds is 3. The summed E-state index contributed by atoms with van der Waals surface area (Å²) in [4.78, 5) is 13.7. The molecule has 1 rings (SSSR count). The summed E-state index contributed by atoms with van der Waals surface area (Å²) in [6.07, 6.45) is 2.46. The first-order valence-electron chi connectivity index (χ1n) is 5.55. The molecule has 0 aromatic rings. The average Bonchev–Trinajstić information content (AvgIpc) is 2.17. The predicted octanol–water partition coefficient (Wildman–Crippen LogP) is 0.751. The van der Waals surface area contributed by atoms with Crippen LogP contribution in [0.15, 0.2) is 0 Å². The number of carbonyl (C=O) groups excluding carboxylic acids is 1. The maximum absolute atomic E-state index is 11.8. The highest BCUT2D eigenvalue weighted by molar-refractivity contribution is 5.77. The monoisotopic (exact) mass is 214 g/mol. The van der Waals surface area contributed by atoms with Gasteiger partial charge in [-0.15, -0.1) is 0 Å². The number of carbonyl (C=O) groups is 1. The number of nitrogens with zero attached hydrogens (tertiary/aromatic N) is 1. The second-order valence-corrected chi connectivity index (χ2v) is 4.75. The van der Waals surface area contributed by atoms with Gasteiger partial charge in [-0.2, -0.15) is 0 Å². The Morgan fingerprint density at radius 3 is 2.87 bits per heavy atom. The fraction of sp³-hybridized carbons (Fsp3) is 0.909. The predicted molar refractivity (Wildman–Crippen MR) is 59.5 cm³/mol. The lowest BCUT2D eigenvalue weighted by Gasteiger charge is -2.39. The molecule has 1 aliphatic rings. The lowest BCUT2D eigenvalue weighted by Crippen LogP contribution is -2.50. The molecular weight excluding hydrogens is 192 g/mol. The smallest absolute Gasteiger partial charge is 0.224 e. The highest BCUT2D eigenvalue weighted by atomic mass is 16.5. The van der Waals surface area contributed by atoms with E-state index in [0.29, 0.717) is 13.0 Å². The largest absolute Gasteiger partial charge is 0.377 e. The van der Waals surface area contributed by atoms with Gasteiger partial charge in [0, 0.05) is 32.7 Å². The molecule has 0 bridgehead atoms. The molecule has 4 nitrogen and oxygen atoms in total. The van der Waals surface area contributed by atoms with E-state index < -0.39 is 0 Å². The molecule has 4 heteroatoms. The van der Waals surface area contributed by atoms with E-state index in [4.69, 9.17) is 10.5 Å². The first kappa shape index (κ1) is 12.5. The van der Waals surface area contributed by atoms with Crippen molar-refractivity contribution < 1.29 is 9.53 Å². The molecular formula is C11H22N2O2. The molecule has 88 valence electrons. The summed E-state index contributed by atoms with van der Waals surface area (Å²) in [5.41, 5.74) is 5.45. The van der Waals surface area contributed by atoms with Crippen LogP contribution in [0.1, 0.15) is 33.1 Å². The van der Waals surface area contributed by atoms with Crippen molar-refractivity contribution in [1.82, 2.24) is 4.90 Å². The van der Waals surface area contributed by atoms with E-state index in [1.165, 1.54) is 0 Å². The van der Waals surface area contributed by atoms with Gasteiger partial charge in [0.2, 0.25) is 5.91 Å². The molecule has 1 heterocycles. The van der Waals surface area contributed by atoms with Crippen LogP contribution in [0.3, 0.4) is 0 Å². The first-order chi connectivity index (χ1) is 6.97. The van der Waals surface area contributed by atoms with Crippen LogP contribution in [0.5, 0.6) is 0 Å². The number of hydrogen-bond acceptors (Lipinski definition) is 3. The highest BCUT2D eigenvalue weighted by Crippen LogP contribution is 2.24. The molecule has 2 N–H and O–H groups in total. The summed E-state index contributed by atoms with van der Waals surface area (Å²) in [6.45, 7) is 5.44. The van der Waals surface area contributed by atoms with Crippen LogP contribution in [0.4, 0.5) is 0 Å². The normalized spacial score (nSPS) is 28.9. The molecule has 0 aromatic heterocycles. The van der Waals surface area contributed by atoms with Crippen molar-refractivity contribution in [3.63, 3.8) is 0 Å². The van der Waals surface area contributed by atoms with Crippen molar-refractivity contribution >= 4 is 5.91 Å². The molecule has 2 atom stereocenters. The molecule has 0 radical (unpaired) electrons. The molecule has 1 fully saturated rings. The van der Waals surface area contributed by atoms with Crippen LogP contribution in [-0.2, 0) is 9.53 Å². The topological polar surface area (TPSA) is 55.6 Å². The van der Waals surface area contributed by atoms with E-state index in [9.17, 15) is 4.79 Å². The summed E-state index contributed by atoms with van der Waals surface area (Å²) in [6, 6.07) is -0.0618. The number of ether oxygens (including phenoxy) is 1. The zero-order valence-corrected chi connectivity index (χ0v) is 9.95. The Kier molecular flexibility index (Phi) is 4.11. The van der Waals surface area contributed by atoms with Crippen LogP contribution in [0.2, 0.25) is 0 Å². The van der Waals surface area contributed by atoms with Gasteiger partial charge in [0.15, 0.2) is 0 Å². The molecule has 2 unspecified atom stereocenters. The van der Waals surface area contributed by atoms with E-state index in [1.807, 2.05) is 11.8 Å². The average molecular weight is 214 g/mol. The third-order valence-corrected chi connectivity index (χ3v) is 3.00. The molecule has 1 amide bonds. The first-order valence-corrected chi connectivity index (χ1v) is 5.55. The third kappa shape index (κ3) is 3.47. The lowest BCUT2D eigenvalue weighted by atomic mass is 9.94. The number of likely N-dealkylation sites (tertiary alicyclic amines) is 1. The third-order valence-electron chi connectivity index (χ3n) is 3.00. The van der Waals surface area contributed by atoms with E-state index in [0.717, 1.165) is 19.4 Å². The molecule has 0 aliphatic carbocycles. The quantitative estimate of drug-likeness (QED) is 0.754. The second kappa shape index (κ2) is 4.94. The van der Waals surface area contributed by atoms with E-state index >= 15 is 0 Å². The molecule has 15 heavy (non-hydrogen) atoms. The highest BCUT2D eigenvalue weighted by Gasteiger charge is 2.32. The molecule has 0 saturated carbocycles. The standard InChI is InChI=1S/C11H22N2O2/c1-9(12)7-10(14)13-6-4-5-11(2,8-13)15-3/h9H,4-8,12H2,1-3H3. The van der Waals surface area contributed by atoms with Crippen molar-refractivity contribution in [3.05, 3.63) is 0 Å². The van der Waals surface area contributed by atoms with Gasteiger partial charge in [0.25, 0.3) is 0 Å². The minimum Gasteiger partial charge on any atom is -0.377 e. The van der Waals surface area contributed by atoms with Gasteiger partial charge in [0.1, 0.15) is 0 Å². The van der Waals surface area contributed by atoms with Crippen molar-refractivity contribution in [2.75, 3.05) is 20.2 Å². The van der Waals surface area contributed by atoms with E-state index in [-0.39, 0.29) is 17.6 Å². The molecule has 1 aliphatic heterocycles. The van der Waals surface area contributed by atoms with Gasteiger partial charge in [0.05, 0.1) is 5.60 Å². The van der Waals surface area contributed by atoms with Crippen molar-refractivity contribution in [3.8, 4) is 0 Å². The summed E-state index contributed by atoms with van der Waals surface area (Å²) in [7, 11) is 1.71. The van der Waals surface area contributed by atoms with E-state index in [1.54, 1.807) is 7.11 Å². The van der Waals surface area contributed by atoms with Gasteiger partial charge in [-0.3, -0.25) is 4.79 Å².